The number of nitrogens with two attached hydrogens (primary N) is 1. The van der Waals surface area contributed by atoms with E-state index in [0.717, 1.165) is 25.8 Å². The third-order valence-corrected chi connectivity index (χ3v) is 4.56. The molecule has 16 heavy (non-hydrogen) atoms. The number of aryl methyl sites for hydroxylation is 1. The minimum Gasteiger partial charge on any atom is -0.397 e. The van der Waals surface area contributed by atoms with Gasteiger partial charge in [0.15, 0.2) is 0 Å². The van der Waals surface area contributed by atoms with Gasteiger partial charge in [0.25, 0.3) is 0 Å². The molecule has 0 amide bonds. The minimum atomic E-state index is -1.67. The van der Waals surface area contributed by atoms with E-state index >= 15 is 0 Å². The predicted molar refractivity (Wildman–Crippen MR) is 69.2 cm³/mol. The molecule has 0 saturated carbocycles. The molecular formula is C12H21NO2Si. The lowest BCUT2D eigenvalue weighted by Gasteiger charge is -2.15. The van der Waals surface area contributed by atoms with Crippen LogP contribution in [0.15, 0.2) is 24.3 Å². The molecule has 2 N–H and O–H groups in total. The average molecular weight is 239 g/mol. The topological polar surface area (TPSA) is 44.5 Å². The molecule has 0 atom stereocenters. The Balaban J connectivity index is 2.74. The summed E-state index contributed by atoms with van der Waals surface area (Å²) in [5.41, 5.74) is 6.85. The van der Waals surface area contributed by atoms with Crippen LogP contribution in [-0.2, 0) is 15.3 Å². The van der Waals surface area contributed by atoms with Crippen molar-refractivity contribution in [2.45, 2.75) is 19.3 Å². The minimum absolute atomic E-state index is 0.761. The first kappa shape index (κ1) is 13.4. The normalized spacial score (nSPS) is 11.0. The Morgan fingerprint density at radius 3 is 2.44 bits per heavy atom. The van der Waals surface area contributed by atoms with Crippen molar-refractivity contribution in [2.24, 2.45) is 5.73 Å². The van der Waals surface area contributed by atoms with Crippen LogP contribution in [-0.4, -0.2) is 30.0 Å². The zero-order valence-corrected chi connectivity index (χ0v) is 11.3. The Morgan fingerprint density at radius 2 is 1.81 bits per heavy atom. The number of hydrogen-bond donors (Lipinski definition) is 1. The van der Waals surface area contributed by atoms with Gasteiger partial charge in [-0.2, -0.15) is 0 Å². The number of hydrogen-bond acceptors (Lipinski definition) is 3. The van der Waals surface area contributed by atoms with Crippen molar-refractivity contribution in [3.8, 4) is 0 Å². The van der Waals surface area contributed by atoms with E-state index in [9.17, 15) is 0 Å². The van der Waals surface area contributed by atoms with E-state index in [1.165, 1.54) is 10.8 Å². The fraction of sp³-hybridized carbons (Fsp3) is 0.500. The molecule has 0 fully saturated rings. The van der Waals surface area contributed by atoms with Gasteiger partial charge >= 0.3 is 9.28 Å². The van der Waals surface area contributed by atoms with Crippen molar-refractivity contribution in [3.63, 3.8) is 0 Å². The monoisotopic (exact) mass is 239 g/mol. The second kappa shape index (κ2) is 7.57. The summed E-state index contributed by atoms with van der Waals surface area (Å²) in [5.74, 6) is 0. The Morgan fingerprint density at radius 1 is 1.12 bits per heavy atom. The highest BCUT2D eigenvalue weighted by Crippen LogP contribution is 2.04. The fourth-order valence-electron chi connectivity index (χ4n) is 1.80. The highest BCUT2D eigenvalue weighted by molar-refractivity contribution is 6.61. The molecule has 0 aliphatic heterocycles. The summed E-state index contributed by atoms with van der Waals surface area (Å²) in [5, 5.41) is 1.25. The van der Waals surface area contributed by atoms with Gasteiger partial charge in [0.05, 0.1) is 0 Å². The molecule has 0 bridgehead atoms. The molecule has 0 heterocycles. The maximum Gasteiger partial charge on any atom is 0.355 e. The van der Waals surface area contributed by atoms with E-state index in [1.807, 2.05) is 6.07 Å². The lowest BCUT2D eigenvalue weighted by atomic mass is 10.1. The van der Waals surface area contributed by atoms with Crippen molar-refractivity contribution in [1.82, 2.24) is 0 Å². The third kappa shape index (κ3) is 3.72. The SMILES string of the molecule is CO[SiH](OC)c1ccccc1CCCCN. The van der Waals surface area contributed by atoms with Crippen LogP contribution in [0.25, 0.3) is 0 Å². The molecule has 1 aromatic carbocycles. The molecule has 0 spiro atoms. The highest BCUT2D eigenvalue weighted by atomic mass is 28.3. The molecule has 1 aromatic rings. The van der Waals surface area contributed by atoms with E-state index in [1.54, 1.807) is 14.2 Å². The van der Waals surface area contributed by atoms with Crippen molar-refractivity contribution >= 4 is 14.5 Å². The molecule has 0 saturated heterocycles. The first-order valence-corrected chi connectivity index (χ1v) is 7.19. The van der Waals surface area contributed by atoms with Gasteiger partial charge in [0.1, 0.15) is 0 Å². The Kier molecular flexibility index (Phi) is 6.33. The quantitative estimate of drug-likeness (QED) is 0.562. The summed E-state index contributed by atoms with van der Waals surface area (Å²) < 4.78 is 10.8. The maximum absolute atomic E-state index is 5.50. The molecule has 0 aromatic heterocycles. The predicted octanol–water partition coefficient (Wildman–Crippen LogP) is 0.688. The van der Waals surface area contributed by atoms with Gasteiger partial charge in [-0.3, -0.25) is 0 Å². The van der Waals surface area contributed by atoms with Gasteiger partial charge < -0.3 is 14.6 Å². The zero-order valence-electron chi connectivity index (χ0n) is 10.1. The molecule has 4 heteroatoms. The van der Waals surface area contributed by atoms with E-state index in [0.29, 0.717) is 0 Å². The average Bonchev–Trinajstić information content (AvgIpc) is 2.33. The second-order valence-corrected chi connectivity index (χ2v) is 5.98. The molecular weight excluding hydrogens is 218 g/mol. The fourth-order valence-corrected chi connectivity index (χ4v) is 3.31. The summed E-state index contributed by atoms with van der Waals surface area (Å²) >= 11 is 0. The summed E-state index contributed by atoms with van der Waals surface area (Å²) in [6.07, 6.45) is 3.26. The standard InChI is InChI=1S/C12H21NO2Si/c1-14-16(15-2)12-9-4-3-7-11(12)8-5-6-10-13/h3-4,7,9,16H,5-6,8,10,13H2,1-2H3. The Labute approximate surface area is 99.4 Å². The van der Waals surface area contributed by atoms with Gasteiger partial charge in [-0.15, -0.1) is 0 Å². The van der Waals surface area contributed by atoms with E-state index in [2.05, 4.69) is 18.2 Å². The molecule has 1 rings (SSSR count). The van der Waals surface area contributed by atoms with Crippen LogP contribution in [0.4, 0.5) is 0 Å². The summed E-state index contributed by atoms with van der Waals surface area (Å²) in [6, 6.07) is 8.38. The lowest BCUT2D eigenvalue weighted by molar-refractivity contribution is 0.291. The van der Waals surface area contributed by atoms with Crippen molar-refractivity contribution in [2.75, 3.05) is 20.8 Å². The molecule has 3 nitrogen and oxygen atoms in total. The van der Waals surface area contributed by atoms with Gasteiger partial charge in [0.2, 0.25) is 0 Å². The van der Waals surface area contributed by atoms with Crippen LogP contribution in [0.2, 0.25) is 0 Å². The third-order valence-electron chi connectivity index (χ3n) is 2.64. The summed E-state index contributed by atoms with van der Waals surface area (Å²) in [7, 11) is 1.77. The maximum atomic E-state index is 5.50. The molecule has 0 aliphatic carbocycles. The van der Waals surface area contributed by atoms with Crippen LogP contribution < -0.4 is 10.9 Å². The van der Waals surface area contributed by atoms with E-state index < -0.39 is 9.28 Å². The Bertz CT molecular complexity index is 303. The van der Waals surface area contributed by atoms with E-state index in [4.69, 9.17) is 14.6 Å². The highest BCUT2D eigenvalue weighted by Gasteiger charge is 2.16. The van der Waals surface area contributed by atoms with Crippen LogP contribution in [0.5, 0.6) is 0 Å². The van der Waals surface area contributed by atoms with Crippen LogP contribution >= 0.6 is 0 Å². The van der Waals surface area contributed by atoms with Gasteiger partial charge in [-0.25, -0.2) is 0 Å². The largest absolute Gasteiger partial charge is 0.397 e. The first-order chi connectivity index (χ1) is 7.83. The molecule has 0 unspecified atom stereocenters. The van der Waals surface area contributed by atoms with Crippen molar-refractivity contribution in [1.29, 1.82) is 0 Å². The first-order valence-electron chi connectivity index (χ1n) is 5.67. The van der Waals surface area contributed by atoms with Crippen LogP contribution in [0, 0.1) is 0 Å². The van der Waals surface area contributed by atoms with Crippen LogP contribution in [0.3, 0.4) is 0 Å². The number of benzene rings is 1. The number of unbranched alkanes of at least 4 members (excludes halogenated alkanes) is 1. The van der Waals surface area contributed by atoms with Crippen molar-refractivity contribution in [3.05, 3.63) is 29.8 Å². The molecule has 0 radical (unpaired) electrons. The van der Waals surface area contributed by atoms with Gasteiger partial charge in [0, 0.05) is 14.2 Å². The molecule has 90 valence electrons. The number of rotatable bonds is 7. The van der Waals surface area contributed by atoms with E-state index in [-0.39, 0.29) is 0 Å². The van der Waals surface area contributed by atoms with Crippen molar-refractivity contribution < 1.29 is 8.85 Å². The summed E-state index contributed by atoms with van der Waals surface area (Å²) in [6.45, 7) is 0.761. The smallest absolute Gasteiger partial charge is 0.355 e. The summed E-state index contributed by atoms with van der Waals surface area (Å²) in [4.78, 5) is 0. The van der Waals surface area contributed by atoms with Gasteiger partial charge in [-0.05, 0) is 36.6 Å². The second-order valence-electron chi connectivity index (χ2n) is 3.75. The van der Waals surface area contributed by atoms with Crippen LogP contribution in [0.1, 0.15) is 18.4 Å². The zero-order chi connectivity index (χ0) is 11.8. The molecule has 0 aliphatic rings. The lowest BCUT2D eigenvalue weighted by Crippen LogP contribution is -2.37. The van der Waals surface area contributed by atoms with Gasteiger partial charge in [-0.1, -0.05) is 24.3 Å². The Hall–Kier alpha value is -0.683.